The van der Waals surface area contributed by atoms with Gasteiger partial charge in [-0.05, 0) is 22.0 Å². The number of carbonyl (C=O) groups is 1. The Bertz CT molecular complexity index is 597. The Labute approximate surface area is 121 Å². The first kappa shape index (κ1) is 13.3. The average molecular weight is 341 g/mol. The summed E-state index contributed by atoms with van der Waals surface area (Å²) < 4.78 is 1.05. The molecule has 0 fully saturated rings. The summed E-state index contributed by atoms with van der Waals surface area (Å²) in [5.41, 5.74) is 0.772. The van der Waals surface area contributed by atoms with Crippen LogP contribution in [0.1, 0.15) is 5.69 Å². The number of hydrogen-bond acceptors (Lipinski definition) is 4. The molecule has 0 aliphatic rings. The fourth-order valence-corrected chi connectivity index (χ4v) is 3.63. The van der Waals surface area contributed by atoms with Crippen LogP contribution in [0, 0.1) is 12.3 Å². The molecule has 2 rings (SSSR count). The minimum atomic E-state index is -0.0999. The lowest BCUT2D eigenvalue weighted by atomic mass is 10.3. The zero-order valence-corrected chi connectivity index (χ0v) is 12.5. The third kappa shape index (κ3) is 3.42. The third-order valence-corrected chi connectivity index (χ3v) is 4.81. The molecule has 0 spiro atoms. The summed E-state index contributed by atoms with van der Waals surface area (Å²) in [6, 6.07) is 2.02. The van der Waals surface area contributed by atoms with Gasteiger partial charge >= 0.3 is 0 Å². The number of nitrogens with one attached hydrogen (secondary N) is 1. The standard InChI is InChI=1S/C12H9BrN2OS2/c1-2-3-14-11(16)5-9-7-18-12(15-9)10-4-8(13)6-17-10/h1,4,6-7H,3,5H2,(H,14,16). The molecule has 2 heterocycles. The summed E-state index contributed by atoms with van der Waals surface area (Å²) in [5, 5.41) is 7.47. The van der Waals surface area contributed by atoms with E-state index in [4.69, 9.17) is 6.42 Å². The number of thiazole rings is 1. The Morgan fingerprint density at radius 1 is 1.50 bits per heavy atom. The maximum absolute atomic E-state index is 11.5. The summed E-state index contributed by atoms with van der Waals surface area (Å²) in [6.45, 7) is 0.258. The molecule has 6 heteroatoms. The molecule has 2 aromatic rings. The monoisotopic (exact) mass is 340 g/mol. The van der Waals surface area contributed by atoms with Crippen LogP contribution in [0.15, 0.2) is 21.3 Å². The molecule has 0 saturated carbocycles. The maximum Gasteiger partial charge on any atom is 0.226 e. The Balaban J connectivity index is 2.03. The van der Waals surface area contributed by atoms with Gasteiger partial charge in [0.05, 0.1) is 23.5 Å². The number of thiophene rings is 1. The summed E-state index contributed by atoms with van der Waals surface area (Å²) in [6.07, 6.45) is 5.34. The van der Waals surface area contributed by atoms with Crippen molar-refractivity contribution < 1.29 is 4.79 Å². The molecule has 2 aromatic heterocycles. The second-order valence-corrected chi connectivity index (χ2v) is 6.12. The van der Waals surface area contributed by atoms with Gasteiger partial charge in [0.15, 0.2) is 0 Å². The normalized spacial score (nSPS) is 10.0. The molecule has 0 bridgehead atoms. The van der Waals surface area contributed by atoms with Crippen LogP contribution < -0.4 is 5.32 Å². The van der Waals surface area contributed by atoms with Crippen LogP contribution in [0.4, 0.5) is 0 Å². The van der Waals surface area contributed by atoms with Crippen molar-refractivity contribution in [2.75, 3.05) is 6.54 Å². The van der Waals surface area contributed by atoms with E-state index in [2.05, 4.69) is 32.2 Å². The van der Waals surface area contributed by atoms with Gasteiger partial charge in [-0.1, -0.05) is 5.92 Å². The molecule has 0 unspecified atom stereocenters. The zero-order valence-electron chi connectivity index (χ0n) is 9.27. The van der Waals surface area contributed by atoms with Crippen LogP contribution in [-0.4, -0.2) is 17.4 Å². The van der Waals surface area contributed by atoms with Gasteiger partial charge in [-0.3, -0.25) is 4.79 Å². The van der Waals surface area contributed by atoms with Crippen molar-refractivity contribution in [3.63, 3.8) is 0 Å². The second kappa shape index (κ2) is 6.14. The van der Waals surface area contributed by atoms with Crippen molar-refractivity contribution in [2.45, 2.75) is 6.42 Å². The van der Waals surface area contributed by atoms with E-state index in [0.29, 0.717) is 0 Å². The SMILES string of the molecule is C#CCNC(=O)Cc1csc(-c2cc(Br)cs2)n1. The first-order chi connectivity index (χ1) is 8.69. The number of nitrogens with zero attached hydrogens (tertiary/aromatic N) is 1. The maximum atomic E-state index is 11.5. The minimum Gasteiger partial charge on any atom is -0.345 e. The quantitative estimate of drug-likeness (QED) is 0.869. The minimum absolute atomic E-state index is 0.0999. The van der Waals surface area contributed by atoms with Crippen LogP contribution in [0.3, 0.4) is 0 Å². The van der Waals surface area contributed by atoms with Gasteiger partial charge in [-0.15, -0.1) is 29.1 Å². The van der Waals surface area contributed by atoms with E-state index in [9.17, 15) is 4.79 Å². The molecule has 0 radical (unpaired) electrons. The van der Waals surface area contributed by atoms with E-state index in [0.717, 1.165) is 20.1 Å². The van der Waals surface area contributed by atoms with E-state index in [1.807, 2.05) is 16.8 Å². The van der Waals surface area contributed by atoms with Gasteiger partial charge in [0.1, 0.15) is 5.01 Å². The van der Waals surface area contributed by atoms with Crippen LogP contribution in [0.25, 0.3) is 9.88 Å². The van der Waals surface area contributed by atoms with Crippen molar-refractivity contribution in [1.82, 2.24) is 10.3 Å². The van der Waals surface area contributed by atoms with Crippen LogP contribution >= 0.6 is 38.6 Å². The smallest absolute Gasteiger partial charge is 0.226 e. The van der Waals surface area contributed by atoms with E-state index in [-0.39, 0.29) is 18.9 Å². The molecule has 1 amide bonds. The lowest BCUT2D eigenvalue weighted by Gasteiger charge is -1.97. The summed E-state index contributed by atoms with van der Waals surface area (Å²) in [4.78, 5) is 17.0. The topological polar surface area (TPSA) is 42.0 Å². The van der Waals surface area contributed by atoms with E-state index >= 15 is 0 Å². The van der Waals surface area contributed by atoms with Crippen molar-refractivity contribution in [3.8, 4) is 22.2 Å². The van der Waals surface area contributed by atoms with E-state index in [1.54, 1.807) is 11.3 Å². The highest BCUT2D eigenvalue weighted by molar-refractivity contribution is 9.10. The molecule has 0 aliphatic heterocycles. The number of hydrogen-bond donors (Lipinski definition) is 1. The molecule has 0 saturated heterocycles. The Morgan fingerprint density at radius 2 is 2.33 bits per heavy atom. The number of amides is 1. The van der Waals surface area contributed by atoms with Gasteiger partial charge in [0.2, 0.25) is 5.91 Å². The number of halogens is 1. The summed E-state index contributed by atoms with van der Waals surface area (Å²) >= 11 is 6.57. The largest absolute Gasteiger partial charge is 0.345 e. The highest BCUT2D eigenvalue weighted by Gasteiger charge is 2.09. The predicted molar refractivity (Wildman–Crippen MR) is 78.7 cm³/mol. The highest BCUT2D eigenvalue weighted by Crippen LogP contribution is 2.31. The highest BCUT2D eigenvalue weighted by atomic mass is 79.9. The van der Waals surface area contributed by atoms with Gasteiger partial charge in [0, 0.05) is 15.2 Å². The molecule has 18 heavy (non-hydrogen) atoms. The van der Waals surface area contributed by atoms with E-state index in [1.165, 1.54) is 11.3 Å². The first-order valence-electron chi connectivity index (χ1n) is 5.08. The third-order valence-electron chi connectivity index (χ3n) is 2.06. The van der Waals surface area contributed by atoms with Crippen LogP contribution in [0.5, 0.6) is 0 Å². The molecular weight excluding hydrogens is 332 g/mol. The summed E-state index contributed by atoms with van der Waals surface area (Å²) in [5.74, 6) is 2.27. The van der Waals surface area contributed by atoms with Crippen molar-refractivity contribution >= 4 is 44.5 Å². The lowest BCUT2D eigenvalue weighted by molar-refractivity contribution is -0.120. The first-order valence-corrected chi connectivity index (χ1v) is 7.63. The van der Waals surface area contributed by atoms with E-state index < -0.39 is 0 Å². The number of aromatic nitrogens is 1. The fraction of sp³-hybridized carbons (Fsp3) is 0.167. The fourth-order valence-electron chi connectivity index (χ4n) is 1.30. The van der Waals surface area contributed by atoms with Crippen molar-refractivity contribution in [3.05, 3.63) is 27.0 Å². The molecule has 1 N–H and O–H groups in total. The summed E-state index contributed by atoms with van der Waals surface area (Å²) in [7, 11) is 0. The van der Waals surface area contributed by atoms with Crippen molar-refractivity contribution in [1.29, 1.82) is 0 Å². The molecule has 0 aromatic carbocycles. The molecule has 3 nitrogen and oxygen atoms in total. The van der Waals surface area contributed by atoms with Gasteiger partial charge < -0.3 is 5.32 Å². The van der Waals surface area contributed by atoms with Gasteiger partial charge in [0.25, 0.3) is 0 Å². The number of rotatable bonds is 4. The number of terminal acetylenes is 1. The Morgan fingerprint density at radius 3 is 3.00 bits per heavy atom. The van der Waals surface area contributed by atoms with Gasteiger partial charge in [-0.2, -0.15) is 0 Å². The second-order valence-electron chi connectivity index (χ2n) is 3.43. The molecule has 92 valence electrons. The molecule has 0 aliphatic carbocycles. The number of carbonyl (C=O) groups excluding carboxylic acids is 1. The molecule has 0 atom stereocenters. The van der Waals surface area contributed by atoms with Gasteiger partial charge in [-0.25, -0.2) is 4.98 Å². The lowest BCUT2D eigenvalue weighted by Crippen LogP contribution is -2.25. The van der Waals surface area contributed by atoms with Crippen LogP contribution in [-0.2, 0) is 11.2 Å². The van der Waals surface area contributed by atoms with Crippen molar-refractivity contribution in [2.24, 2.45) is 0 Å². The molecular formula is C12H9BrN2OS2. The predicted octanol–water partition coefficient (Wildman–Crippen LogP) is 2.93. The zero-order chi connectivity index (χ0) is 13.0. The Hall–Kier alpha value is -1.16. The van der Waals surface area contributed by atoms with Crippen LogP contribution in [0.2, 0.25) is 0 Å². The Kier molecular flexibility index (Phi) is 4.53. The average Bonchev–Trinajstić information content (AvgIpc) is 2.95.